The third-order valence-electron chi connectivity index (χ3n) is 7.03. The van der Waals surface area contributed by atoms with Gasteiger partial charge in [-0.15, -0.1) is 0 Å². The van der Waals surface area contributed by atoms with E-state index in [0.717, 1.165) is 45.2 Å². The molecule has 2 bridgehead atoms. The van der Waals surface area contributed by atoms with E-state index in [9.17, 15) is 14.7 Å². The van der Waals surface area contributed by atoms with Gasteiger partial charge in [0.1, 0.15) is 11.6 Å². The number of aliphatic hydroxyl groups is 1. The second kappa shape index (κ2) is 8.26. The average Bonchev–Trinajstić information content (AvgIpc) is 3.27. The van der Waals surface area contributed by atoms with Crippen molar-refractivity contribution in [3.8, 4) is 0 Å². The van der Waals surface area contributed by atoms with Crippen molar-refractivity contribution in [3.63, 3.8) is 0 Å². The molecule has 0 aromatic rings. The predicted octanol–water partition coefficient (Wildman–Crippen LogP) is -0.643. The second-order valence-corrected chi connectivity index (χ2v) is 8.75. The Balaban J connectivity index is 1.26. The Morgan fingerprint density at radius 3 is 2.68 bits per heavy atom. The van der Waals surface area contributed by atoms with E-state index in [2.05, 4.69) is 16.2 Å². The first-order valence-corrected chi connectivity index (χ1v) is 10.7. The first-order chi connectivity index (χ1) is 13.5. The Bertz CT molecular complexity index is 585. The number of piperazine rings is 1. The van der Waals surface area contributed by atoms with Gasteiger partial charge in [0, 0.05) is 51.9 Å². The van der Waals surface area contributed by atoms with Crippen LogP contribution >= 0.6 is 0 Å². The summed E-state index contributed by atoms with van der Waals surface area (Å²) < 4.78 is 5.51. The number of β-amino-alcohol motifs (C(OH)–C–C–N with tert-alkyl or cyclic N) is 1. The molecule has 0 aromatic carbocycles. The molecule has 28 heavy (non-hydrogen) atoms. The van der Waals surface area contributed by atoms with Gasteiger partial charge in [-0.1, -0.05) is 0 Å². The molecule has 4 fully saturated rings. The van der Waals surface area contributed by atoms with Crippen molar-refractivity contribution in [1.82, 2.24) is 14.7 Å². The van der Waals surface area contributed by atoms with E-state index >= 15 is 0 Å². The number of nitrogens with zero attached hydrogens (tertiary/aromatic N) is 3. The molecule has 4 rings (SSSR count). The molecular weight excluding hydrogens is 360 g/mol. The monoisotopic (exact) mass is 393 g/mol. The van der Waals surface area contributed by atoms with E-state index < -0.39 is 11.6 Å². The number of rotatable bonds is 6. The van der Waals surface area contributed by atoms with Gasteiger partial charge in [0.05, 0.1) is 6.10 Å². The van der Waals surface area contributed by atoms with Crippen LogP contribution < -0.4 is 5.73 Å². The number of hydrogen-bond acceptors (Lipinski definition) is 6. The Labute approximate surface area is 167 Å². The summed E-state index contributed by atoms with van der Waals surface area (Å²) in [6.45, 7) is 4.60. The summed E-state index contributed by atoms with van der Waals surface area (Å²) >= 11 is 0. The molecule has 4 heterocycles. The predicted molar refractivity (Wildman–Crippen MR) is 103 cm³/mol. The molecule has 4 atom stereocenters. The van der Waals surface area contributed by atoms with Crippen LogP contribution in [-0.4, -0.2) is 101 Å². The normalized spacial score (nSPS) is 35.2. The molecule has 8 heteroatoms. The summed E-state index contributed by atoms with van der Waals surface area (Å²) in [4.78, 5) is 30.9. The van der Waals surface area contributed by atoms with Crippen LogP contribution in [0.1, 0.15) is 38.5 Å². The number of nitrogens with two attached hydrogens (primary N) is 1. The van der Waals surface area contributed by atoms with Gasteiger partial charge < -0.3 is 20.5 Å². The molecule has 4 saturated heterocycles. The molecule has 0 spiro atoms. The molecule has 2 amide bonds. The highest BCUT2D eigenvalue weighted by Crippen LogP contribution is 2.43. The number of piperidine rings is 1. The lowest BCUT2D eigenvalue weighted by molar-refractivity contribution is -0.142. The van der Waals surface area contributed by atoms with Crippen molar-refractivity contribution in [1.29, 1.82) is 0 Å². The highest BCUT2D eigenvalue weighted by Gasteiger charge is 2.53. The minimum atomic E-state index is -0.601. The van der Waals surface area contributed by atoms with Crippen LogP contribution in [0.4, 0.5) is 0 Å². The zero-order valence-electron chi connectivity index (χ0n) is 16.6. The first-order valence-electron chi connectivity index (χ1n) is 10.7. The maximum absolute atomic E-state index is 12.4. The molecule has 1 radical (unpaired) electrons. The Morgan fingerprint density at radius 1 is 1.21 bits per heavy atom. The van der Waals surface area contributed by atoms with Gasteiger partial charge in [0.25, 0.3) is 5.91 Å². The second-order valence-electron chi connectivity index (χ2n) is 8.75. The summed E-state index contributed by atoms with van der Waals surface area (Å²) in [5.41, 5.74) is 5.14. The maximum Gasteiger partial charge on any atom is 0.251 e. The Hall–Kier alpha value is -1.22. The summed E-state index contributed by atoms with van der Waals surface area (Å²) in [6, 6.07) is 0.316. The lowest BCUT2D eigenvalue weighted by Gasteiger charge is -2.44. The van der Waals surface area contributed by atoms with Crippen LogP contribution in [-0.2, 0) is 14.3 Å². The fraction of sp³-hybridized carbons (Fsp3) is 0.850. The van der Waals surface area contributed by atoms with Gasteiger partial charge in [-0.05, 0) is 44.9 Å². The van der Waals surface area contributed by atoms with Gasteiger partial charge in [0.2, 0.25) is 5.91 Å². The van der Waals surface area contributed by atoms with Gasteiger partial charge >= 0.3 is 0 Å². The third-order valence-corrected chi connectivity index (χ3v) is 7.03. The highest BCUT2D eigenvalue weighted by atomic mass is 16.5. The van der Waals surface area contributed by atoms with Crippen LogP contribution in [0.25, 0.3) is 0 Å². The zero-order valence-corrected chi connectivity index (χ0v) is 16.6. The number of hydrogen-bond donors (Lipinski definition) is 2. The Morgan fingerprint density at radius 2 is 2.00 bits per heavy atom. The molecular formula is C20H33N4O4. The molecule has 3 N–H and O–H groups in total. The summed E-state index contributed by atoms with van der Waals surface area (Å²) in [5.74, 6) is -0.151. The van der Waals surface area contributed by atoms with Crippen LogP contribution in [0.3, 0.4) is 0 Å². The highest BCUT2D eigenvalue weighted by molar-refractivity contribution is 5.85. The van der Waals surface area contributed by atoms with Gasteiger partial charge in [-0.2, -0.15) is 0 Å². The van der Waals surface area contributed by atoms with Crippen molar-refractivity contribution in [2.75, 3.05) is 45.9 Å². The molecule has 0 unspecified atom stereocenters. The number of fused-ring (bicyclic) bond motifs is 2. The van der Waals surface area contributed by atoms with Crippen molar-refractivity contribution >= 4 is 11.8 Å². The summed E-state index contributed by atoms with van der Waals surface area (Å²) in [6.07, 6.45) is 6.59. The fourth-order valence-electron chi connectivity index (χ4n) is 5.43. The minimum absolute atomic E-state index is 0.113. The van der Waals surface area contributed by atoms with E-state index in [-0.39, 0.29) is 17.9 Å². The van der Waals surface area contributed by atoms with Gasteiger partial charge in [0.15, 0.2) is 0 Å². The molecule has 0 aromatic heterocycles. The van der Waals surface area contributed by atoms with Crippen molar-refractivity contribution in [2.24, 2.45) is 5.73 Å². The number of primary amides is 1. The van der Waals surface area contributed by atoms with Crippen molar-refractivity contribution in [2.45, 2.75) is 62.3 Å². The van der Waals surface area contributed by atoms with Crippen molar-refractivity contribution in [3.05, 3.63) is 6.42 Å². The quantitative estimate of drug-likeness (QED) is 0.623. The number of ether oxygens (including phenoxy) is 1. The van der Waals surface area contributed by atoms with Crippen LogP contribution in [0.5, 0.6) is 0 Å². The van der Waals surface area contributed by atoms with E-state index in [1.807, 2.05) is 4.90 Å². The largest absolute Gasteiger partial charge is 0.390 e. The van der Waals surface area contributed by atoms with Gasteiger partial charge in [-0.3, -0.25) is 19.4 Å². The summed E-state index contributed by atoms with van der Waals surface area (Å²) in [5, 5.41) is 10.7. The van der Waals surface area contributed by atoms with E-state index in [1.54, 1.807) is 0 Å². The fourth-order valence-corrected chi connectivity index (χ4v) is 5.43. The Kier molecular flexibility index (Phi) is 5.92. The van der Waals surface area contributed by atoms with Crippen molar-refractivity contribution < 1.29 is 19.4 Å². The lowest BCUT2D eigenvalue weighted by atomic mass is 9.87. The lowest BCUT2D eigenvalue weighted by Crippen LogP contribution is -2.60. The molecule has 4 aliphatic rings. The molecule has 0 aliphatic carbocycles. The van der Waals surface area contributed by atoms with Crippen LogP contribution in [0, 0.1) is 6.42 Å². The molecule has 157 valence electrons. The van der Waals surface area contributed by atoms with Crippen LogP contribution in [0.15, 0.2) is 0 Å². The standard InChI is InChI=1S/C20H33N4O4/c21-19(27)20-6-1-3-15(5-7-20)24(20)14-16(25)13-22-8-10-23(11-9-22)18(26)17-4-2-12-28-17/h1,15-17,25H,2-14H2,(H2,21,27)/t15-,16+,17-,20+/m1/s1. The maximum atomic E-state index is 12.4. The number of carbonyl (C=O) groups excluding carboxylic acids is 2. The molecule has 0 saturated carbocycles. The van der Waals surface area contributed by atoms with E-state index in [1.165, 1.54) is 0 Å². The van der Waals surface area contributed by atoms with Gasteiger partial charge in [-0.25, -0.2) is 0 Å². The number of amides is 2. The SMILES string of the molecule is NC(=O)[C@]12C[CH]C[C@H](CC1)N2C[C@@H](O)CN1CCN(C(=O)[C@H]2CCCO2)CC1. The van der Waals surface area contributed by atoms with Crippen LogP contribution in [0.2, 0.25) is 0 Å². The molecule has 4 aliphatic heterocycles. The topological polar surface area (TPSA) is 99.3 Å². The number of aliphatic hydroxyl groups excluding tert-OH is 1. The van der Waals surface area contributed by atoms with E-state index in [4.69, 9.17) is 10.5 Å². The zero-order chi connectivity index (χ0) is 19.7. The first kappa shape index (κ1) is 20.1. The number of carbonyl (C=O) groups is 2. The summed E-state index contributed by atoms with van der Waals surface area (Å²) in [7, 11) is 0. The third kappa shape index (κ3) is 3.79. The minimum Gasteiger partial charge on any atom is -0.390 e. The molecule has 8 nitrogen and oxygen atoms in total. The van der Waals surface area contributed by atoms with E-state index in [0.29, 0.717) is 45.2 Å². The smallest absolute Gasteiger partial charge is 0.251 e. The average molecular weight is 394 g/mol.